The van der Waals surface area contributed by atoms with E-state index in [9.17, 15) is 10.2 Å². The van der Waals surface area contributed by atoms with Gasteiger partial charge in [0.1, 0.15) is 6.61 Å². The van der Waals surface area contributed by atoms with Gasteiger partial charge in [0.15, 0.2) is 11.5 Å². The van der Waals surface area contributed by atoms with Crippen LogP contribution in [0.2, 0.25) is 0 Å². The molecule has 0 saturated heterocycles. The van der Waals surface area contributed by atoms with Gasteiger partial charge in [0.05, 0.1) is 6.10 Å². The standard InChI is InChI=1S/C23H34O3/c1-4-16-6-8-20-18-7-5-15-11-21(25)22(26-13-14(2)24)12-19(15)17(18)9-10-23(16,20)3/h11-12,14,16-18,20,24-25H,4-10,13H2,1-3H3/t14?,16-,17-,18+,20-,23+/m0/s1. The van der Waals surface area contributed by atoms with Crippen LogP contribution in [0, 0.1) is 23.2 Å². The molecule has 0 aromatic heterocycles. The second-order valence-corrected chi connectivity index (χ2v) is 9.32. The lowest BCUT2D eigenvalue weighted by Gasteiger charge is -2.51. The van der Waals surface area contributed by atoms with Gasteiger partial charge in [-0.25, -0.2) is 0 Å². The summed E-state index contributed by atoms with van der Waals surface area (Å²) in [5.74, 6) is 3.91. The van der Waals surface area contributed by atoms with Crippen LogP contribution in [0.25, 0.3) is 0 Å². The summed E-state index contributed by atoms with van der Waals surface area (Å²) in [6.45, 7) is 6.87. The van der Waals surface area contributed by atoms with Crippen molar-refractivity contribution in [2.45, 2.75) is 77.7 Å². The largest absolute Gasteiger partial charge is 0.504 e. The molecule has 0 bridgehead atoms. The maximum absolute atomic E-state index is 10.3. The zero-order chi connectivity index (χ0) is 18.5. The van der Waals surface area contributed by atoms with Gasteiger partial charge in [0, 0.05) is 0 Å². The van der Waals surface area contributed by atoms with Gasteiger partial charge in [-0.15, -0.1) is 0 Å². The van der Waals surface area contributed by atoms with Gasteiger partial charge in [-0.3, -0.25) is 0 Å². The number of aliphatic hydroxyl groups excluding tert-OH is 1. The van der Waals surface area contributed by atoms with Gasteiger partial charge in [-0.1, -0.05) is 20.3 Å². The first-order chi connectivity index (χ1) is 12.4. The Hall–Kier alpha value is -1.22. The van der Waals surface area contributed by atoms with Crippen molar-refractivity contribution in [3.05, 3.63) is 23.3 Å². The molecule has 1 aromatic rings. The summed E-state index contributed by atoms with van der Waals surface area (Å²) >= 11 is 0. The molecule has 1 unspecified atom stereocenters. The minimum absolute atomic E-state index is 0.218. The fourth-order valence-electron chi connectivity index (χ4n) is 6.69. The van der Waals surface area contributed by atoms with Crippen LogP contribution < -0.4 is 4.74 Å². The number of hydrogen-bond acceptors (Lipinski definition) is 3. The third kappa shape index (κ3) is 2.83. The van der Waals surface area contributed by atoms with Crippen molar-refractivity contribution in [1.29, 1.82) is 0 Å². The number of aromatic hydroxyl groups is 1. The highest BCUT2D eigenvalue weighted by atomic mass is 16.5. The molecule has 26 heavy (non-hydrogen) atoms. The molecule has 1 aromatic carbocycles. The van der Waals surface area contributed by atoms with Crippen molar-refractivity contribution in [3.63, 3.8) is 0 Å². The number of aryl methyl sites for hydroxylation is 1. The average Bonchev–Trinajstić information content (AvgIpc) is 2.96. The second kappa shape index (κ2) is 6.74. The van der Waals surface area contributed by atoms with Crippen LogP contribution in [0.5, 0.6) is 11.5 Å². The van der Waals surface area contributed by atoms with E-state index in [1.165, 1.54) is 49.7 Å². The summed E-state index contributed by atoms with van der Waals surface area (Å²) in [5, 5.41) is 19.8. The van der Waals surface area contributed by atoms with Crippen molar-refractivity contribution in [2.75, 3.05) is 6.61 Å². The summed E-state index contributed by atoms with van der Waals surface area (Å²) in [6, 6.07) is 4.00. The lowest BCUT2D eigenvalue weighted by molar-refractivity contribution is 0.0272. The molecule has 2 saturated carbocycles. The van der Waals surface area contributed by atoms with Crippen LogP contribution in [0.4, 0.5) is 0 Å². The van der Waals surface area contributed by atoms with Gasteiger partial charge >= 0.3 is 0 Å². The Morgan fingerprint density at radius 3 is 2.77 bits per heavy atom. The third-order valence-corrected chi connectivity index (χ3v) is 7.97. The molecule has 3 aliphatic rings. The first kappa shape index (κ1) is 18.2. The predicted molar refractivity (Wildman–Crippen MR) is 104 cm³/mol. The van der Waals surface area contributed by atoms with Gasteiger partial charge < -0.3 is 14.9 Å². The molecule has 3 nitrogen and oxygen atoms in total. The zero-order valence-electron chi connectivity index (χ0n) is 16.5. The van der Waals surface area contributed by atoms with Gasteiger partial charge in [0.2, 0.25) is 0 Å². The normalized spacial score (nSPS) is 36.8. The van der Waals surface area contributed by atoms with Crippen LogP contribution in [0.15, 0.2) is 12.1 Å². The van der Waals surface area contributed by atoms with E-state index in [0.29, 0.717) is 17.1 Å². The number of rotatable bonds is 4. The van der Waals surface area contributed by atoms with E-state index in [1.807, 2.05) is 6.07 Å². The van der Waals surface area contributed by atoms with Crippen molar-refractivity contribution in [2.24, 2.45) is 23.2 Å². The maximum atomic E-state index is 10.3. The van der Waals surface area contributed by atoms with E-state index in [1.54, 1.807) is 6.92 Å². The summed E-state index contributed by atoms with van der Waals surface area (Å²) in [7, 11) is 0. The van der Waals surface area contributed by atoms with Crippen LogP contribution in [-0.2, 0) is 6.42 Å². The number of aliphatic hydroxyl groups is 1. The van der Waals surface area contributed by atoms with E-state index < -0.39 is 6.10 Å². The Kier molecular flexibility index (Phi) is 4.71. The fourth-order valence-corrected chi connectivity index (χ4v) is 6.69. The fraction of sp³-hybridized carbons (Fsp3) is 0.739. The monoisotopic (exact) mass is 358 g/mol. The quantitative estimate of drug-likeness (QED) is 0.793. The lowest BCUT2D eigenvalue weighted by atomic mass is 9.54. The van der Waals surface area contributed by atoms with Crippen LogP contribution in [0.3, 0.4) is 0 Å². The van der Waals surface area contributed by atoms with E-state index in [4.69, 9.17) is 4.74 Å². The van der Waals surface area contributed by atoms with Crippen LogP contribution in [0.1, 0.15) is 76.3 Å². The van der Waals surface area contributed by atoms with Crippen LogP contribution >= 0.6 is 0 Å². The van der Waals surface area contributed by atoms with E-state index >= 15 is 0 Å². The minimum Gasteiger partial charge on any atom is -0.504 e. The number of ether oxygens (including phenoxy) is 1. The zero-order valence-corrected chi connectivity index (χ0v) is 16.5. The van der Waals surface area contributed by atoms with Crippen molar-refractivity contribution >= 4 is 0 Å². The highest BCUT2D eigenvalue weighted by Crippen LogP contribution is 2.63. The number of hydrogen-bond donors (Lipinski definition) is 2. The number of fused-ring (bicyclic) bond motifs is 5. The topological polar surface area (TPSA) is 49.7 Å². The van der Waals surface area contributed by atoms with Crippen molar-refractivity contribution < 1.29 is 14.9 Å². The highest BCUT2D eigenvalue weighted by Gasteiger charge is 2.54. The molecule has 2 fully saturated rings. The highest BCUT2D eigenvalue weighted by molar-refractivity contribution is 5.49. The molecule has 2 N–H and O–H groups in total. The average molecular weight is 359 g/mol. The first-order valence-electron chi connectivity index (χ1n) is 10.6. The summed E-state index contributed by atoms with van der Waals surface area (Å²) in [5.41, 5.74) is 3.25. The van der Waals surface area contributed by atoms with Gasteiger partial charge in [0.25, 0.3) is 0 Å². The predicted octanol–water partition coefficient (Wildman–Crippen LogP) is 5.03. The number of phenols is 1. The first-order valence-corrected chi connectivity index (χ1v) is 10.6. The molecule has 0 radical (unpaired) electrons. The summed E-state index contributed by atoms with van der Waals surface area (Å²) in [6.07, 6.45) is 8.54. The molecule has 144 valence electrons. The SMILES string of the molecule is CC[C@H]1CC[C@H]2[C@@H]3CCc4cc(O)c(OCC(C)O)cc4[C@H]3CC[C@]12C. The lowest BCUT2D eigenvalue weighted by Crippen LogP contribution is -2.42. The molecule has 3 aliphatic carbocycles. The van der Waals surface area contributed by atoms with E-state index in [2.05, 4.69) is 19.9 Å². The van der Waals surface area contributed by atoms with E-state index in [0.717, 1.165) is 24.2 Å². The van der Waals surface area contributed by atoms with Crippen LogP contribution in [-0.4, -0.2) is 22.9 Å². The van der Waals surface area contributed by atoms with Gasteiger partial charge in [-0.05, 0) is 97.8 Å². The maximum Gasteiger partial charge on any atom is 0.161 e. The summed E-state index contributed by atoms with van der Waals surface area (Å²) < 4.78 is 5.68. The molecular formula is C23H34O3. The molecular weight excluding hydrogens is 324 g/mol. The number of phenolic OH excluding ortho intramolecular Hbond substituents is 1. The smallest absolute Gasteiger partial charge is 0.161 e. The molecule has 0 heterocycles. The second-order valence-electron chi connectivity index (χ2n) is 9.32. The third-order valence-electron chi connectivity index (χ3n) is 7.97. The Labute approximate surface area is 157 Å². The van der Waals surface area contributed by atoms with Gasteiger partial charge in [-0.2, -0.15) is 0 Å². The summed E-state index contributed by atoms with van der Waals surface area (Å²) in [4.78, 5) is 0. The molecule has 0 amide bonds. The minimum atomic E-state index is -0.530. The van der Waals surface area contributed by atoms with E-state index in [-0.39, 0.29) is 12.4 Å². The number of benzene rings is 1. The molecule has 4 rings (SSSR count). The molecule has 0 spiro atoms. The van der Waals surface area contributed by atoms with Crippen molar-refractivity contribution in [1.82, 2.24) is 0 Å². The molecule has 6 atom stereocenters. The Morgan fingerprint density at radius 1 is 1.23 bits per heavy atom. The Balaban J connectivity index is 1.63. The Bertz CT molecular complexity index is 668. The molecule has 0 aliphatic heterocycles. The molecule has 3 heteroatoms. The van der Waals surface area contributed by atoms with Crippen molar-refractivity contribution in [3.8, 4) is 11.5 Å². The Morgan fingerprint density at radius 2 is 2.04 bits per heavy atom.